The number of nitrogens with one attached hydrogen (secondary N) is 1. The van der Waals surface area contributed by atoms with Crippen LogP contribution in [0.3, 0.4) is 0 Å². The van der Waals surface area contributed by atoms with E-state index >= 15 is 0 Å². The van der Waals surface area contributed by atoms with Crippen molar-refractivity contribution in [2.75, 3.05) is 13.2 Å². The maximum atomic E-state index is 12.7. The van der Waals surface area contributed by atoms with Crippen molar-refractivity contribution in [3.05, 3.63) is 94.1 Å². The zero-order valence-corrected chi connectivity index (χ0v) is 18.4. The van der Waals surface area contributed by atoms with Crippen LogP contribution < -0.4 is 15.9 Å². The lowest BCUT2D eigenvalue weighted by atomic mass is 9.92. The molecule has 6 heteroatoms. The molecular formula is C27H24N4O2. The largest absolute Gasteiger partial charge is 0.375 e. The average molecular weight is 437 g/mol. The van der Waals surface area contributed by atoms with E-state index < -0.39 is 0 Å². The highest BCUT2D eigenvalue weighted by Gasteiger charge is 2.21. The van der Waals surface area contributed by atoms with E-state index in [-0.39, 0.29) is 18.4 Å². The SMILES string of the molecule is C=C(/C=c1/nc(-c2ccccn2)cc/c1=C/C)CNC(=O)c1ccc2c(c1)C(C#N)COC2. The van der Waals surface area contributed by atoms with Crippen molar-refractivity contribution < 1.29 is 9.53 Å². The summed E-state index contributed by atoms with van der Waals surface area (Å²) in [4.78, 5) is 21.8. The number of ether oxygens (including phenoxy) is 1. The van der Waals surface area contributed by atoms with Crippen LogP contribution in [0, 0.1) is 11.3 Å². The summed E-state index contributed by atoms with van der Waals surface area (Å²) in [7, 11) is 0. The molecule has 6 nitrogen and oxygen atoms in total. The highest BCUT2D eigenvalue weighted by molar-refractivity contribution is 5.94. The van der Waals surface area contributed by atoms with E-state index in [0.717, 1.165) is 38.7 Å². The van der Waals surface area contributed by atoms with E-state index in [9.17, 15) is 10.1 Å². The van der Waals surface area contributed by atoms with Gasteiger partial charge in [0.05, 0.1) is 41.9 Å². The molecule has 0 saturated heterocycles. The van der Waals surface area contributed by atoms with E-state index in [1.54, 1.807) is 18.3 Å². The molecule has 33 heavy (non-hydrogen) atoms. The molecule has 1 amide bonds. The van der Waals surface area contributed by atoms with Crippen molar-refractivity contribution >= 4 is 18.1 Å². The number of carbonyl (C=O) groups is 1. The Morgan fingerprint density at radius 3 is 2.91 bits per heavy atom. The molecule has 0 saturated carbocycles. The molecule has 1 unspecified atom stereocenters. The topological polar surface area (TPSA) is 87.9 Å². The van der Waals surface area contributed by atoms with Crippen LogP contribution in [0.15, 0.2) is 66.9 Å². The number of benzene rings is 1. The van der Waals surface area contributed by atoms with Crippen LogP contribution in [0.25, 0.3) is 23.5 Å². The molecule has 1 N–H and O–H groups in total. The van der Waals surface area contributed by atoms with Gasteiger partial charge in [0.15, 0.2) is 0 Å². The molecule has 0 bridgehead atoms. The predicted molar refractivity (Wildman–Crippen MR) is 127 cm³/mol. The highest BCUT2D eigenvalue weighted by Crippen LogP contribution is 2.27. The lowest BCUT2D eigenvalue weighted by molar-refractivity contribution is 0.0952. The Bertz CT molecular complexity index is 1360. The summed E-state index contributed by atoms with van der Waals surface area (Å²) in [6.45, 7) is 7.13. The van der Waals surface area contributed by atoms with Gasteiger partial charge < -0.3 is 10.1 Å². The molecule has 1 aliphatic heterocycles. The van der Waals surface area contributed by atoms with E-state index in [1.807, 2.05) is 55.5 Å². The third kappa shape index (κ3) is 5.05. The van der Waals surface area contributed by atoms with Crippen LogP contribution in [-0.4, -0.2) is 29.0 Å². The van der Waals surface area contributed by atoms with Crippen molar-refractivity contribution in [3.8, 4) is 17.5 Å². The molecule has 0 aliphatic carbocycles. The molecule has 2 aromatic heterocycles. The number of fused-ring (bicyclic) bond motifs is 1. The minimum Gasteiger partial charge on any atom is -0.375 e. The van der Waals surface area contributed by atoms with Crippen LogP contribution in [-0.2, 0) is 11.3 Å². The van der Waals surface area contributed by atoms with Gasteiger partial charge >= 0.3 is 0 Å². The third-order valence-corrected chi connectivity index (χ3v) is 5.49. The first kappa shape index (κ1) is 22.1. The minimum atomic E-state index is -0.356. The Kier molecular flexibility index (Phi) is 6.72. The molecule has 4 rings (SSSR count). The number of amides is 1. The number of nitrogens with zero attached hydrogens (tertiary/aromatic N) is 3. The van der Waals surface area contributed by atoms with Gasteiger partial charge in [-0.3, -0.25) is 9.78 Å². The second-order valence-electron chi connectivity index (χ2n) is 7.77. The van der Waals surface area contributed by atoms with E-state index in [0.29, 0.717) is 18.8 Å². The average Bonchev–Trinajstić information content (AvgIpc) is 2.87. The van der Waals surface area contributed by atoms with E-state index in [1.165, 1.54) is 0 Å². The van der Waals surface area contributed by atoms with Crippen LogP contribution in [0.2, 0.25) is 0 Å². The summed E-state index contributed by atoms with van der Waals surface area (Å²) in [6, 6.07) is 17.3. The van der Waals surface area contributed by atoms with Crippen LogP contribution >= 0.6 is 0 Å². The molecule has 3 heterocycles. The Hall–Kier alpha value is -4.08. The smallest absolute Gasteiger partial charge is 0.251 e. The first-order chi connectivity index (χ1) is 16.1. The number of carbonyl (C=O) groups excluding carboxylic acids is 1. The van der Waals surface area contributed by atoms with Crippen molar-refractivity contribution in [2.45, 2.75) is 19.4 Å². The van der Waals surface area contributed by atoms with Crippen molar-refractivity contribution in [2.24, 2.45) is 0 Å². The number of hydrogen-bond donors (Lipinski definition) is 1. The van der Waals surface area contributed by atoms with Crippen molar-refractivity contribution in [3.63, 3.8) is 0 Å². The molecule has 0 fully saturated rings. The lowest BCUT2D eigenvalue weighted by Gasteiger charge is -2.21. The Labute approximate surface area is 192 Å². The van der Waals surface area contributed by atoms with Crippen LogP contribution in [0.1, 0.15) is 34.3 Å². The van der Waals surface area contributed by atoms with E-state index in [2.05, 4.69) is 22.9 Å². The third-order valence-electron chi connectivity index (χ3n) is 5.49. The number of pyridine rings is 2. The van der Waals surface area contributed by atoms with Crippen LogP contribution in [0.4, 0.5) is 0 Å². The molecule has 0 spiro atoms. The van der Waals surface area contributed by atoms with Gasteiger partial charge in [0, 0.05) is 18.3 Å². The summed E-state index contributed by atoms with van der Waals surface area (Å²) in [5, 5.41) is 14.0. The molecule has 164 valence electrons. The van der Waals surface area contributed by atoms with Gasteiger partial charge in [-0.1, -0.05) is 30.9 Å². The molecule has 1 atom stereocenters. The molecule has 1 aliphatic rings. The number of hydrogen-bond acceptors (Lipinski definition) is 5. The zero-order valence-electron chi connectivity index (χ0n) is 18.4. The maximum absolute atomic E-state index is 12.7. The normalized spacial score (nSPS) is 16.1. The van der Waals surface area contributed by atoms with E-state index in [4.69, 9.17) is 9.72 Å². The zero-order chi connectivity index (χ0) is 23.2. The predicted octanol–water partition coefficient (Wildman–Crippen LogP) is 2.85. The van der Waals surface area contributed by atoms with Gasteiger partial charge in [0.25, 0.3) is 5.91 Å². The summed E-state index contributed by atoms with van der Waals surface area (Å²) in [5.41, 5.74) is 4.61. The summed E-state index contributed by atoms with van der Waals surface area (Å²) in [6.07, 6.45) is 5.59. The molecular weight excluding hydrogens is 412 g/mol. The molecule has 3 aromatic rings. The fourth-order valence-electron chi connectivity index (χ4n) is 3.72. The highest BCUT2D eigenvalue weighted by atomic mass is 16.5. The van der Waals surface area contributed by atoms with Crippen LogP contribution in [0.5, 0.6) is 0 Å². The lowest BCUT2D eigenvalue weighted by Crippen LogP contribution is -2.30. The monoisotopic (exact) mass is 436 g/mol. The summed E-state index contributed by atoms with van der Waals surface area (Å²) >= 11 is 0. The molecule has 1 aromatic carbocycles. The van der Waals surface area contributed by atoms with Crippen molar-refractivity contribution in [1.29, 1.82) is 5.26 Å². The first-order valence-electron chi connectivity index (χ1n) is 10.7. The fraction of sp³-hybridized carbons (Fsp3) is 0.185. The van der Waals surface area contributed by atoms with Gasteiger partial charge in [0.2, 0.25) is 0 Å². The summed E-state index contributed by atoms with van der Waals surface area (Å²) < 4.78 is 5.44. The van der Waals surface area contributed by atoms with Crippen molar-refractivity contribution in [1.82, 2.24) is 15.3 Å². The first-order valence-corrected chi connectivity index (χ1v) is 10.7. The van der Waals surface area contributed by atoms with Gasteiger partial charge in [-0.15, -0.1) is 0 Å². The maximum Gasteiger partial charge on any atom is 0.251 e. The Morgan fingerprint density at radius 1 is 1.27 bits per heavy atom. The number of aromatic nitrogens is 2. The Balaban J connectivity index is 1.51. The molecule has 0 radical (unpaired) electrons. The summed E-state index contributed by atoms with van der Waals surface area (Å²) in [5.74, 6) is -0.570. The fourth-order valence-corrected chi connectivity index (χ4v) is 3.72. The second-order valence-corrected chi connectivity index (χ2v) is 7.77. The van der Waals surface area contributed by atoms with Gasteiger partial charge in [-0.25, -0.2) is 4.98 Å². The van der Waals surface area contributed by atoms with Gasteiger partial charge in [-0.2, -0.15) is 5.26 Å². The quantitative estimate of drug-likeness (QED) is 0.665. The standard InChI is InChI=1S/C27H24N4O2/c1-3-19-9-10-25(24-6-4-5-11-29-24)31-26(19)12-18(2)15-30-27(32)20-7-8-21-16-33-17-22(14-28)23(21)13-20/h3-13,22H,2,15-17H2,1H3,(H,30,32)/b19-3-,26-12+. The Morgan fingerprint density at radius 2 is 2.15 bits per heavy atom. The number of rotatable bonds is 5. The number of nitriles is 1. The minimum absolute atomic E-state index is 0.215. The van der Waals surface area contributed by atoms with Gasteiger partial charge in [-0.05, 0) is 65.3 Å². The second kappa shape index (κ2) is 10.0. The van der Waals surface area contributed by atoms with Gasteiger partial charge in [0.1, 0.15) is 0 Å².